The molecule has 0 saturated carbocycles. The first-order valence-electron chi connectivity index (χ1n) is 7.83. The summed E-state index contributed by atoms with van der Waals surface area (Å²) in [6, 6.07) is 16.1. The average molecular weight is 338 g/mol. The van der Waals surface area contributed by atoms with Crippen LogP contribution >= 0.6 is 0 Å². The summed E-state index contributed by atoms with van der Waals surface area (Å²) in [5.41, 5.74) is 1.83. The molecule has 0 unspecified atom stereocenters. The summed E-state index contributed by atoms with van der Waals surface area (Å²) in [6.45, 7) is 0.0681. The van der Waals surface area contributed by atoms with E-state index in [2.05, 4.69) is 0 Å². The molecule has 128 valence electrons. The number of phenolic OH excluding ortho intramolecular Hbond substituents is 1. The van der Waals surface area contributed by atoms with E-state index in [0.29, 0.717) is 27.6 Å². The fraction of sp³-hybridized carbons (Fsp3) is 0.150. The van der Waals surface area contributed by atoms with Crippen LogP contribution in [0, 0.1) is 0 Å². The van der Waals surface area contributed by atoms with Gasteiger partial charge in [0, 0.05) is 10.9 Å². The van der Waals surface area contributed by atoms with Gasteiger partial charge in [0.25, 0.3) is 0 Å². The van der Waals surface area contributed by atoms with Crippen molar-refractivity contribution in [3.05, 3.63) is 60.2 Å². The van der Waals surface area contributed by atoms with Crippen molar-refractivity contribution < 1.29 is 24.5 Å². The molecule has 0 heterocycles. The number of methoxy groups -OCH3 is 1. The van der Waals surface area contributed by atoms with Crippen molar-refractivity contribution in [2.45, 2.75) is 0 Å². The van der Waals surface area contributed by atoms with Crippen LogP contribution in [0.5, 0.6) is 11.5 Å². The fourth-order valence-electron chi connectivity index (χ4n) is 2.83. The minimum Gasteiger partial charge on any atom is -0.507 e. The summed E-state index contributed by atoms with van der Waals surface area (Å²) in [4.78, 5) is 12.2. The Balaban J connectivity index is 2.28. The predicted molar refractivity (Wildman–Crippen MR) is 95.0 cm³/mol. The van der Waals surface area contributed by atoms with Crippen LogP contribution in [-0.2, 0) is 4.74 Å². The summed E-state index contributed by atoms with van der Waals surface area (Å²) < 4.78 is 10.3. The van der Waals surface area contributed by atoms with Crippen LogP contribution in [-0.4, -0.2) is 36.5 Å². The van der Waals surface area contributed by atoms with Gasteiger partial charge in [0.15, 0.2) is 0 Å². The lowest BCUT2D eigenvalue weighted by Gasteiger charge is -2.15. The molecule has 5 nitrogen and oxygen atoms in total. The fourth-order valence-corrected chi connectivity index (χ4v) is 2.83. The molecule has 25 heavy (non-hydrogen) atoms. The lowest BCUT2D eigenvalue weighted by Crippen LogP contribution is -2.05. The summed E-state index contributed by atoms with van der Waals surface area (Å²) in [5, 5.41) is 20.6. The molecule has 0 fully saturated rings. The second kappa shape index (κ2) is 7.23. The first kappa shape index (κ1) is 16.8. The van der Waals surface area contributed by atoms with Crippen LogP contribution in [0.3, 0.4) is 0 Å². The molecule has 0 bridgehead atoms. The number of aromatic hydroxyl groups is 1. The van der Waals surface area contributed by atoms with Crippen LogP contribution in [0.15, 0.2) is 54.6 Å². The van der Waals surface area contributed by atoms with Crippen molar-refractivity contribution in [2.75, 3.05) is 20.3 Å². The van der Waals surface area contributed by atoms with Gasteiger partial charge >= 0.3 is 5.97 Å². The van der Waals surface area contributed by atoms with Crippen molar-refractivity contribution in [1.29, 1.82) is 0 Å². The Hall–Kier alpha value is -3.05. The number of esters is 1. The standard InChI is InChI=1S/C20H18O5/c1-24-20(23)17-12-18(22)16-11-14(25-10-9-21)7-8-15(16)19(17)13-5-3-2-4-6-13/h2-8,11-12,21-22H,9-10H2,1H3. The Labute approximate surface area is 145 Å². The smallest absolute Gasteiger partial charge is 0.338 e. The molecular formula is C20H18O5. The second-order valence-electron chi connectivity index (χ2n) is 5.46. The van der Waals surface area contributed by atoms with E-state index in [1.54, 1.807) is 18.2 Å². The van der Waals surface area contributed by atoms with Crippen molar-refractivity contribution in [1.82, 2.24) is 0 Å². The Morgan fingerprint density at radius 2 is 1.80 bits per heavy atom. The highest BCUT2D eigenvalue weighted by atomic mass is 16.5. The predicted octanol–water partition coefficient (Wildman–Crippen LogP) is 3.37. The topological polar surface area (TPSA) is 76.0 Å². The third-order valence-corrected chi connectivity index (χ3v) is 3.91. The second-order valence-corrected chi connectivity index (χ2v) is 5.46. The SMILES string of the molecule is COC(=O)c1cc(O)c2cc(OCCO)ccc2c1-c1ccccc1. The number of hydrogen-bond donors (Lipinski definition) is 2. The zero-order valence-electron chi connectivity index (χ0n) is 13.7. The summed E-state index contributed by atoms with van der Waals surface area (Å²) >= 11 is 0. The number of aliphatic hydroxyl groups excluding tert-OH is 1. The van der Waals surface area contributed by atoms with E-state index in [4.69, 9.17) is 14.6 Å². The zero-order valence-corrected chi connectivity index (χ0v) is 13.7. The number of ether oxygens (including phenoxy) is 2. The first-order valence-corrected chi connectivity index (χ1v) is 7.83. The van der Waals surface area contributed by atoms with E-state index < -0.39 is 5.97 Å². The van der Waals surface area contributed by atoms with E-state index in [0.717, 1.165) is 5.56 Å². The number of aliphatic hydroxyl groups is 1. The molecule has 3 rings (SSSR count). The van der Waals surface area contributed by atoms with E-state index >= 15 is 0 Å². The van der Waals surface area contributed by atoms with Gasteiger partial charge in [0.05, 0.1) is 19.3 Å². The maximum absolute atomic E-state index is 12.2. The van der Waals surface area contributed by atoms with E-state index in [-0.39, 0.29) is 19.0 Å². The van der Waals surface area contributed by atoms with E-state index in [1.807, 2.05) is 30.3 Å². The van der Waals surface area contributed by atoms with Gasteiger partial charge in [-0.3, -0.25) is 0 Å². The Morgan fingerprint density at radius 1 is 1.04 bits per heavy atom. The third kappa shape index (κ3) is 3.27. The number of carbonyl (C=O) groups excluding carboxylic acids is 1. The van der Waals surface area contributed by atoms with Gasteiger partial charge < -0.3 is 19.7 Å². The largest absolute Gasteiger partial charge is 0.507 e. The van der Waals surface area contributed by atoms with Crippen LogP contribution < -0.4 is 4.74 Å². The Kier molecular flexibility index (Phi) is 4.86. The lowest BCUT2D eigenvalue weighted by molar-refractivity contribution is 0.0601. The number of hydrogen-bond acceptors (Lipinski definition) is 5. The van der Waals surface area contributed by atoms with Gasteiger partial charge in [-0.2, -0.15) is 0 Å². The third-order valence-electron chi connectivity index (χ3n) is 3.91. The van der Waals surface area contributed by atoms with Crippen LogP contribution in [0.2, 0.25) is 0 Å². The number of carbonyl (C=O) groups is 1. The van der Waals surface area contributed by atoms with Crippen molar-refractivity contribution in [3.8, 4) is 22.6 Å². The number of benzene rings is 3. The average Bonchev–Trinajstić information content (AvgIpc) is 2.66. The zero-order chi connectivity index (χ0) is 17.8. The number of fused-ring (bicyclic) bond motifs is 1. The molecule has 5 heteroatoms. The molecule has 3 aromatic carbocycles. The van der Waals surface area contributed by atoms with Gasteiger partial charge in [-0.05, 0) is 35.2 Å². The highest BCUT2D eigenvalue weighted by Crippen LogP contribution is 2.39. The molecule has 0 saturated heterocycles. The molecule has 0 spiro atoms. The Morgan fingerprint density at radius 3 is 2.48 bits per heavy atom. The maximum Gasteiger partial charge on any atom is 0.338 e. The Bertz CT molecular complexity index is 903. The molecule has 0 radical (unpaired) electrons. The van der Waals surface area contributed by atoms with Gasteiger partial charge in [-0.1, -0.05) is 30.3 Å². The summed E-state index contributed by atoms with van der Waals surface area (Å²) in [7, 11) is 1.31. The van der Waals surface area contributed by atoms with Crippen molar-refractivity contribution >= 4 is 16.7 Å². The monoisotopic (exact) mass is 338 g/mol. The number of rotatable bonds is 5. The maximum atomic E-state index is 12.2. The first-order chi connectivity index (χ1) is 12.2. The summed E-state index contributed by atoms with van der Waals surface area (Å²) in [6.07, 6.45) is 0. The minimum atomic E-state index is -0.517. The molecular weight excluding hydrogens is 320 g/mol. The van der Waals surface area contributed by atoms with Crippen molar-refractivity contribution in [3.63, 3.8) is 0 Å². The molecule has 0 amide bonds. The molecule has 2 N–H and O–H groups in total. The van der Waals surface area contributed by atoms with E-state index in [9.17, 15) is 9.90 Å². The van der Waals surface area contributed by atoms with Crippen LogP contribution in [0.4, 0.5) is 0 Å². The summed E-state index contributed by atoms with van der Waals surface area (Å²) in [5.74, 6) is -0.0251. The van der Waals surface area contributed by atoms with Gasteiger partial charge in [0.2, 0.25) is 0 Å². The van der Waals surface area contributed by atoms with Gasteiger partial charge in [-0.15, -0.1) is 0 Å². The normalized spacial score (nSPS) is 10.6. The van der Waals surface area contributed by atoms with Crippen LogP contribution in [0.1, 0.15) is 10.4 Å². The molecule has 0 aliphatic heterocycles. The highest BCUT2D eigenvalue weighted by molar-refractivity contribution is 6.10. The molecule has 0 aromatic heterocycles. The molecule has 0 aliphatic rings. The number of phenols is 1. The highest BCUT2D eigenvalue weighted by Gasteiger charge is 2.19. The molecule has 3 aromatic rings. The quantitative estimate of drug-likeness (QED) is 0.698. The van der Waals surface area contributed by atoms with Gasteiger partial charge in [-0.25, -0.2) is 4.79 Å². The minimum absolute atomic E-state index is 0.0375. The molecule has 0 aliphatic carbocycles. The van der Waals surface area contributed by atoms with Crippen molar-refractivity contribution in [2.24, 2.45) is 0 Å². The van der Waals surface area contributed by atoms with E-state index in [1.165, 1.54) is 13.2 Å². The van der Waals surface area contributed by atoms with Gasteiger partial charge in [0.1, 0.15) is 18.1 Å². The van der Waals surface area contributed by atoms with Crippen LogP contribution in [0.25, 0.3) is 21.9 Å². The lowest BCUT2D eigenvalue weighted by atomic mass is 9.92. The molecule has 0 atom stereocenters.